The Kier molecular flexibility index (Phi) is 17.5. The van der Waals surface area contributed by atoms with Crippen molar-refractivity contribution in [3.8, 4) is 0 Å². The largest absolute Gasteiger partial charge is 0.432 e. The zero-order valence-corrected chi connectivity index (χ0v) is 42.6. The number of ether oxygens (including phenoxy) is 9. The van der Waals surface area contributed by atoms with Gasteiger partial charge in [0.05, 0.1) is 49.7 Å². The Morgan fingerprint density at radius 2 is 1.17 bits per heavy atom. The van der Waals surface area contributed by atoms with Crippen LogP contribution in [0.1, 0.15) is 78.1 Å². The number of hydrogen-bond donors (Lipinski definition) is 16. The standard InChI is InChI=1S/C50H80O26/c1-19-12-49-9-5-26-47(2,7-4-8-48(26,3)46(67)75-44-40(36(64)32(60)24(15-53)71-44)73-42-37(65)29(57)21(55)17-68-42)27(49)6-10-50(19,18-49)76-45-41(74-43-38(66)35(63)31(59)23(14-52)70-43)39(33(61)25(16-54)72-45)69-22-11-20(13-51)28(56)34(62)30(22)58/h20-45,51-66H,1,4-18H2,2-3H3/t20-,21+,22-,23-,24-,25-,26+,27+,28-,29-,30+,31-,32-,33-,34+,35+,36+,37-,38-,39+,40-,41-,42+,43+,44+,45+,47-,48-,49-,50+/m1/s1. The zero-order chi connectivity index (χ0) is 55.1. The van der Waals surface area contributed by atoms with Gasteiger partial charge in [0, 0.05) is 12.5 Å². The maximum absolute atomic E-state index is 14.8. The van der Waals surface area contributed by atoms with Crippen LogP contribution >= 0.6 is 0 Å². The number of esters is 1. The van der Waals surface area contributed by atoms with Gasteiger partial charge in [-0.05, 0) is 93.0 Å². The lowest BCUT2D eigenvalue weighted by Crippen LogP contribution is -2.67. The number of hydrogen-bond acceptors (Lipinski definition) is 26. The smallest absolute Gasteiger partial charge is 0.314 e. The average molecular weight is 1100 g/mol. The number of carbonyl (C=O) groups excluding carboxylic acids is 1. The molecule has 0 aromatic rings. The monoisotopic (exact) mass is 1100 g/mol. The van der Waals surface area contributed by atoms with Gasteiger partial charge in [-0.3, -0.25) is 4.79 Å². The lowest BCUT2D eigenvalue weighted by Gasteiger charge is -2.64. The molecule has 9 aliphatic rings. The van der Waals surface area contributed by atoms with E-state index in [1.807, 2.05) is 6.92 Å². The Morgan fingerprint density at radius 1 is 0.579 bits per heavy atom. The van der Waals surface area contributed by atoms with Crippen LogP contribution in [-0.4, -0.2) is 267 Å². The Labute approximate surface area is 438 Å². The SMILES string of the molecule is C=C1C[C@@]23CC[C@H]4[C@@](C)(CCC[C@@]4(C)C(=O)O[C@@H]4O[C@H](CO)[C@@H](O)[C@H](O)[C@H]4O[C@@H]4OC[C@H](O)[C@@H](O)[C@H]4O)[C@@H]2CC[C@]1(O[C@@H]1O[C@H](CO)[C@@H](O)[C@H](O[C@@H]2C[C@H](CO)[C@@H](O)[C@H](O)[C@H]2O)[C@H]1O[C@@H]1O[C@H](CO)[C@@H](O)[C@H](O)[C@H]1O)C3. The molecule has 26 heteroatoms. The second-order valence-corrected chi connectivity index (χ2v) is 23.7. The van der Waals surface area contributed by atoms with E-state index < -0.39 is 208 Å². The fourth-order valence-electron chi connectivity index (χ4n) is 15.1. The second kappa shape index (κ2) is 22.5. The first-order valence-corrected chi connectivity index (χ1v) is 26.6. The van der Waals surface area contributed by atoms with E-state index in [-0.39, 0.29) is 18.3 Å². The van der Waals surface area contributed by atoms with Gasteiger partial charge < -0.3 is 124 Å². The second-order valence-electron chi connectivity index (χ2n) is 23.7. The minimum Gasteiger partial charge on any atom is -0.432 e. The van der Waals surface area contributed by atoms with Gasteiger partial charge >= 0.3 is 5.97 Å². The van der Waals surface area contributed by atoms with E-state index in [1.54, 1.807) is 0 Å². The van der Waals surface area contributed by atoms with Crippen LogP contribution in [0.2, 0.25) is 0 Å². The summed E-state index contributed by atoms with van der Waals surface area (Å²) in [6.45, 7) is 5.10. The highest BCUT2D eigenvalue weighted by molar-refractivity contribution is 5.77. The molecule has 16 N–H and O–H groups in total. The van der Waals surface area contributed by atoms with Crippen LogP contribution in [-0.2, 0) is 47.4 Å². The van der Waals surface area contributed by atoms with Crippen LogP contribution in [0.25, 0.3) is 0 Å². The van der Waals surface area contributed by atoms with Gasteiger partial charge in [0.25, 0.3) is 0 Å². The molecule has 30 atom stereocenters. The summed E-state index contributed by atoms with van der Waals surface area (Å²) in [5, 5.41) is 171. The molecule has 76 heavy (non-hydrogen) atoms. The molecule has 4 aliphatic heterocycles. The van der Waals surface area contributed by atoms with Crippen molar-refractivity contribution in [1.29, 1.82) is 0 Å². The lowest BCUT2D eigenvalue weighted by atomic mass is 9.41. The molecule has 5 aliphatic carbocycles. The number of rotatable bonds is 14. The highest BCUT2D eigenvalue weighted by Crippen LogP contribution is 2.74. The van der Waals surface area contributed by atoms with Crippen molar-refractivity contribution in [1.82, 2.24) is 0 Å². The summed E-state index contributed by atoms with van der Waals surface area (Å²) in [7, 11) is 0. The summed E-state index contributed by atoms with van der Waals surface area (Å²) in [6.07, 6.45) is -34.0. The molecule has 0 aromatic carbocycles. The van der Waals surface area contributed by atoms with E-state index >= 15 is 0 Å². The minimum atomic E-state index is -1.95. The molecule has 26 nitrogen and oxygen atoms in total. The molecule has 0 aromatic heterocycles. The predicted molar refractivity (Wildman–Crippen MR) is 249 cm³/mol. The lowest BCUT2D eigenvalue weighted by molar-refractivity contribution is -0.386. The zero-order valence-electron chi connectivity index (χ0n) is 42.6. The summed E-state index contributed by atoms with van der Waals surface area (Å²) in [5.74, 6) is -1.99. The van der Waals surface area contributed by atoms with Crippen molar-refractivity contribution in [3.63, 3.8) is 0 Å². The Morgan fingerprint density at radius 3 is 1.84 bits per heavy atom. The molecule has 5 saturated carbocycles. The molecular formula is C50H80O26. The average Bonchev–Trinajstić information content (AvgIpc) is 3.71. The highest BCUT2D eigenvalue weighted by Gasteiger charge is 2.70. The van der Waals surface area contributed by atoms with Crippen molar-refractivity contribution in [2.45, 2.75) is 225 Å². The van der Waals surface area contributed by atoms with Crippen LogP contribution in [0.15, 0.2) is 12.2 Å². The molecule has 0 amide bonds. The minimum absolute atomic E-state index is 0.0304. The topological polar surface area (TPSA) is 424 Å². The summed E-state index contributed by atoms with van der Waals surface area (Å²) in [6, 6.07) is 0. The molecule has 2 bridgehead atoms. The van der Waals surface area contributed by atoms with Gasteiger partial charge in [-0.1, -0.05) is 19.9 Å². The maximum atomic E-state index is 14.8. The normalized spacial score (nSPS) is 54.6. The van der Waals surface area contributed by atoms with E-state index in [4.69, 9.17) is 42.6 Å². The fraction of sp³-hybridized carbons (Fsp3) is 0.940. The summed E-state index contributed by atoms with van der Waals surface area (Å²) >= 11 is 0. The molecule has 0 radical (unpaired) electrons. The number of fused-ring (bicyclic) bond motifs is 3. The van der Waals surface area contributed by atoms with Crippen molar-refractivity contribution >= 4 is 5.97 Å². The first-order valence-electron chi connectivity index (χ1n) is 26.6. The maximum Gasteiger partial charge on any atom is 0.314 e. The van der Waals surface area contributed by atoms with Crippen LogP contribution in [0, 0.1) is 34.0 Å². The molecule has 4 heterocycles. The highest BCUT2D eigenvalue weighted by atomic mass is 16.8. The number of aliphatic hydroxyl groups is 16. The molecular weight excluding hydrogens is 1020 g/mol. The molecule has 4 saturated heterocycles. The van der Waals surface area contributed by atoms with Crippen molar-refractivity contribution in [2.75, 3.05) is 33.0 Å². The van der Waals surface area contributed by atoms with Gasteiger partial charge in [0.15, 0.2) is 25.0 Å². The molecule has 1 spiro atoms. The van der Waals surface area contributed by atoms with Crippen molar-refractivity contribution < 1.29 is 129 Å². The fourth-order valence-corrected chi connectivity index (χ4v) is 15.1. The Bertz CT molecular complexity index is 2020. The van der Waals surface area contributed by atoms with Gasteiger partial charge in [-0.15, -0.1) is 0 Å². The molecule has 436 valence electrons. The van der Waals surface area contributed by atoms with Crippen LogP contribution in [0.4, 0.5) is 0 Å². The van der Waals surface area contributed by atoms with Crippen LogP contribution < -0.4 is 0 Å². The third-order valence-electron chi connectivity index (χ3n) is 19.3. The molecule has 9 rings (SSSR count). The van der Waals surface area contributed by atoms with Crippen LogP contribution in [0.5, 0.6) is 0 Å². The van der Waals surface area contributed by atoms with E-state index in [2.05, 4.69) is 13.5 Å². The van der Waals surface area contributed by atoms with E-state index in [0.29, 0.717) is 56.9 Å². The third-order valence-corrected chi connectivity index (χ3v) is 19.3. The number of aliphatic hydroxyl groups excluding tert-OH is 16. The van der Waals surface area contributed by atoms with E-state index in [1.165, 1.54) is 0 Å². The Balaban J connectivity index is 0.969. The molecule has 0 unspecified atom stereocenters. The number of carbonyl (C=O) groups is 1. The third kappa shape index (κ3) is 10.0. The van der Waals surface area contributed by atoms with Gasteiger partial charge in [-0.2, -0.15) is 0 Å². The summed E-state index contributed by atoms with van der Waals surface area (Å²) < 4.78 is 54.9. The molecule has 9 fully saturated rings. The van der Waals surface area contributed by atoms with Gasteiger partial charge in [0.1, 0.15) is 97.7 Å². The van der Waals surface area contributed by atoms with Crippen molar-refractivity contribution in [3.05, 3.63) is 12.2 Å². The Hall–Kier alpha value is -1.75. The van der Waals surface area contributed by atoms with E-state index in [0.717, 1.165) is 6.42 Å². The summed E-state index contributed by atoms with van der Waals surface area (Å²) in [5.41, 5.74) is -2.59. The van der Waals surface area contributed by atoms with E-state index in [9.17, 15) is 86.5 Å². The van der Waals surface area contributed by atoms with Gasteiger partial charge in [-0.25, -0.2) is 0 Å². The first kappa shape index (κ1) is 58.9. The van der Waals surface area contributed by atoms with Crippen LogP contribution in [0.3, 0.4) is 0 Å². The predicted octanol–water partition coefficient (Wildman–Crippen LogP) is -5.99. The van der Waals surface area contributed by atoms with Gasteiger partial charge in [0.2, 0.25) is 6.29 Å². The summed E-state index contributed by atoms with van der Waals surface area (Å²) in [4.78, 5) is 14.8. The first-order chi connectivity index (χ1) is 35.9. The quantitative estimate of drug-likeness (QED) is 0.0437. The van der Waals surface area contributed by atoms with Crippen molar-refractivity contribution in [2.24, 2.45) is 34.0 Å².